The fraction of sp³-hybridized carbons (Fsp3) is 0.150. The van der Waals surface area contributed by atoms with E-state index in [0.717, 1.165) is 36.2 Å². The molecule has 2 amide bonds. The van der Waals surface area contributed by atoms with Crippen molar-refractivity contribution in [3.05, 3.63) is 77.1 Å². The van der Waals surface area contributed by atoms with Crippen molar-refractivity contribution in [3.63, 3.8) is 0 Å². The van der Waals surface area contributed by atoms with Crippen LogP contribution in [0.3, 0.4) is 0 Å². The molecule has 0 fully saturated rings. The van der Waals surface area contributed by atoms with Crippen LogP contribution in [-0.4, -0.2) is 26.7 Å². The molecule has 0 aliphatic heterocycles. The number of phenols is 1. The minimum Gasteiger partial charge on any atom is -0.507 e. The van der Waals surface area contributed by atoms with E-state index in [4.69, 9.17) is 0 Å². The maximum Gasteiger partial charge on any atom is 0.290 e. The Kier molecular flexibility index (Phi) is 4.33. The van der Waals surface area contributed by atoms with Gasteiger partial charge in [0.1, 0.15) is 5.75 Å². The number of nitrogens with one attached hydrogen (secondary N) is 2. The molecule has 0 atom stereocenters. The van der Waals surface area contributed by atoms with Gasteiger partial charge in [0, 0.05) is 11.3 Å². The summed E-state index contributed by atoms with van der Waals surface area (Å²) >= 11 is 0. The average molecular weight is 362 g/mol. The summed E-state index contributed by atoms with van der Waals surface area (Å²) in [6.07, 6.45) is 2.59. The fourth-order valence-electron chi connectivity index (χ4n) is 3.31. The molecule has 4 rings (SSSR count). The molecule has 3 aromatic rings. The van der Waals surface area contributed by atoms with Crippen LogP contribution in [0.2, 0.25) is 0 Å². The van der Waals surface area contributed by atoms with Crippen LogP contribution in [0.5, 0.6) is 5.75 Å². The van der Waals surface area contributed by atoms with E-state index in [9.17, 15) is 14.7 Å². The fourth-order valence-corrected chi connectivity index (χ4v) is 3.31. The molecule has 3 N–H and O–H groups in total. The van der Waals surface area contributed by atoms with E-state index in [1.165, 1.54) is 12.1 Å². The number of benzene rings is 2. The molecule has 1 heterocycles. The molecule has 1 aliphatic carbocycles. The summed E-state index contributed by atoms with van der Waals surface area (Å²) in [7, 11) is 0. The predicted octanol–water partition coefficient (Wildman–Crippen LogP) is 2.14. The van der Waals surface area contributed by atoms with Gasteiger partial charge in [-0.25, -0.2) is 4.68 Å². The van der Waals surface area contributed by atoms with Crippen LogP contribution in [0.4, 0.5) is 0 Å². The molecule has 0 bridgehead atoms. The van der Waals surface area contributed by atoms with Gasteiger partial charge in [0.25, 0.3) is 11.8 Å². The number of fused-ring (bicyclic) bond motifs is 1. The molecule has 27 heavy (non-hydrogen) atoms. The van der Waals surface area contributed by atoms with E-state index in [0.29, 0.717) is 5.69 Å². The van der Waals surface area contributed by atoms with Crippen molar-refractivity contribution >= 4 is 11.8 Å². The van der Waals surface area contributed by atoms with Gasteiger partial charge in [0.05, 0.1) is 11.3 Å². The zero-order valence-corrected chi connectivity index (χ0v) is 14.5. The standard InChI is InChI=1S/C20H18N4O3/c25-17-12-5-4-9-15(17)19(26)21-22-20(27)18-14-10-6-11-16(14)24(23-18)13-7-2-1-3-8-13/h1-5,7-9,12,25H,6,10-11H2,(H,21,26)(H,22,27). The number of aromatic nitrogens is 2. The summed E-state index contributed by atoms with van der Waals surface area (Å²) < 4.78 is 1.79. The van der Waals surface area contributed by atoms with Gasteiger partial charge in [-0.2, -0.15) is 5.10 Å². The largest absolute Gasteiger partial charge is 0.507 e. The van der Waals surface area contributed by atoms with E-state index in [1.807, 2.05) is 30.3 Å². The van der Waals surface area contributed by atoms with Gasteiger partial charge in [0.2, 0.25) is 0 Å². The smallest absolute Gasteiger partial charge is 0.290 e. The van der Waals surface area contributed by atoms with Crippen molar-refractivity contribution in [2.75, 3.05) is 0 Å². The molecular formula is C20H18N4O3. The third-order valence-corrected chi connectivity index (χ3v) is 4.58. The van der Waals surface area contributed by atoms with E-state index >= 15 is 0 Å². The number of carbonyl (C=O) groups is 2. The maximum absolute atomic E-state index is 12.6. The van der Waals surface area contributed by atoms with Gasteiger partial charge in [-0.3, -0.25) is 20.4 Å². The van der Waals surface area contributed by atoms with Crippen molar-refractivity contribution in [2.45, 2.75) is 19.3 Å². The quantitative estimate of drug-likeness (QED) is 0.622. The molecule has 0 radical (unpaired) electrons. The highest BCUT2D eigenvalue weighted by Gasteiger charge is 2.27. The van der Waals surface area contributed by atoms with Gasteiger partial charge in [-0.15, -0.1) is 0 Å². The third-order valence-electron chi connectivity index (χ3n) is 4.58. The molecule has 0 unspecified atom stereocenters. The van der Waals surface area contributed by atoms with Crippen LogP contribution in [0.25, 0.3) is 5.69 Å². The second-order valence-electron chi connectivity index (χ2n) is 6.30. The summed E-state index contributed by atoms with van der Waals surface area (Å²) in [4.78, 5) is 24.8. The molecule has 0 spiro atoms. The van der Waals surface area contributed by atoms with E-state index in [2.05, 4.69) is 16.0 Å². The molecule has 136 valence electrons. The Morgan fingerprint density at radius 3 is 2.41 bits per heavy atom. The Bertz CT molecular complexity index is 1010. The average Bonchev–Trinajstić information content (AvgIpc) is 3.29. The number of para-hydroxylation sites is 2. The summed E-state index contributed by atoms with van der Waals surface area (Å²) in [5.74, 6) is -1.23. The lowest BCUT2D eigenvalue weighted by Gasteiger charge is -2.08. The van der Waals surface area contributed by atoms with Gasteiger partial charge >= 0.3 is 0 Å². The number of hydrazine groups is 1. The maximum atomic E-state index is 12.6. The molecule has 0 saturated carbocycles. The Hall–Kier alpha value is -3.61. The van der Waals surface area contributed by atoms with E-state index in [-0.39, 0.29) is 11.3 Å². The van der Waals surface area contributed by atoms with Crippen LogP contribution < -0.4 is 10.9 Å². The number of amides is 2. The lowest BCUT2D eigenvalue weighted by Crippen LogP contribution is -2.42. The topological polar surface area (TPSA) is 96.3 Å². The molecule has 2 aromatic carbocycles. The van der Waals surface area contributed by atoms with Crippen LogP contribution >= 0.6 is 0 Å². The SMILES string of the molecule is O=C(NNC(=O)c1nn(-c2ccccc2)c2c1CCC2)c1ccccc1O. The molecule has 1 aromatic heterocycles. The third kappa shape index (κ3) is 3.15. The first-order valence-corrected chi connectivity index (χ1v) is 8.70. The van der Waals surface area contributed by atoms with Gasteiger partial charge in [-0.1, -0.05) is 30.3 Å². The molecular weight excluding hydrogens is 344 g/mol. The molecule has 7 heteroatoms. The van der Waals surface area contributed by atoms with Crippen molar-refractivity contribution < 1.29 is 14.7 Å². The molecule has 1 aliphatic rings. The Morgan fingerprint density at radius 2 is 1.63 bits per heavy atom. The van der Waals surface area contributed by atoms with Crippen molar-refractivity contribution in [1.82, 2.24) is 20.6 Å². The van der Waals surface area contributed by atoms with Crippen molar-refractivity contribution in [2.24, 2.45) is 0 Å². The summed E-state index contributed by atoms with van der Waals surface area (Å²) in [5, 5.41) is 14.2. The highest BCUT2D eigenvalue weighted by molar-refractivity contribution is 6.00. The van der Waals surface area contributed by atoms with Crippen LogP contribution in [0.1, 0.15) is 38.5 Å². The lowest BCUT2D eigenvalue weighted by molar-refractivity contribution is 0.0841. The Morgan fingerprint density at radius 1 is 0.926 bits per heavy atom. The van der Waals surface area contributed by atoms with Crippen LogP contribution in [0, 0.1) is 0 Å². The number of aromatic hydroxyl groups is 1. The van der Waals surface area contributed by atoms with Gasteiger partial charge < -0.3 is 5.11 Å². The highest BCUT2D eigenvalue weighted by atomic mass is 16.3. The first-order chi connectivity index (χ1) is 13.1. The Balaban J connectivity index is 1.55. The predicted molar refractivity (Wildman–Crippen MR) is 98.6 cm³/mol. The number of carbonyl (C=O) groups excluding carboxylic acids is 2. The minimum atomic E-state index is -0.597. The highest BCUT2D eigenvalue weighted by Crippen LogP contribution is 2.27. The van der Waals surface area contributed by atoms with Crippen LogP contribution in [0.15, 0.2) is 54.6 Å². The van der Waals surface area contributed by atoms with Gasteiger partial charge in [0.15, 0.2) is 5.69 Å². The summed E-state index contributed by atoms with van der Waals surface area (Å²) in [6.45, 7) is 0. The number of rotatable bonds is 3. The zero-order chi connectivity index (χ0) is 18.8. The number of hydrogen-bond acceptors (Lipinski definition) is 4. The Labute approximate surface area is 155 Å². The molecule has 7 nitrogen and oxygen atoms in total. The van der Waals surface area contributed by atoms with Crippen LogP contribution in [-0.2, 0) is 12.8 Å². The zero-order valence-electron chi connectivity index (χ0n) is 14.5. The minimum absolute atomic E-state index is 0.0813. The normalized spacial score (nSPS) is 12.4. The van der Waals surface area contributed by atoms with Gasteiger partial charge in [-0.05, 0) is 43.5 Å². The second-order valence-corrected chi connectivity index (χ2v) is 6.30. The first kappa shape index (κ1) is 16.8. The summed E-state index contributed by atoms with van der Waals surface area (Å²) in [5.41, 5.74) is 7.95. The number of nitrogens with zero attached hydrogens (tertiary/aromatic N) is 2. The lowest BCUT2D eigenvalue weighted by atomic mass is 10.2. The summed E-state index contributed by atoms with van der Waals surface area (Å²) in [6, 6.07) is 15.8. The van der Waals surface area contributed by atoms with Crippen molar-refractivity contribution in [3.8, 4) is 11.4 Å². The second kappa shape index (κ2) is 6.95. The number of hydrogen-bond donors (Lipinski definition) is 3. The monoisotopic (exact) mass is 362 g/mol. The molecule has 0 saturated heterocycles. The first-order valence-electron chi connectivity index (χ1n) is 8.70. The number of phenolic OH excluding ortho intramolecular Hbond substituents is 1. The van der Waals surface area contributed by atoms with Crippen molar-refractivity contribution in [1.29, 1.82) is 0 Å². The van der Waals surface area contributed by atoms with E-state index in [1.54, 1.807) is 16.8 Å². The van der Waals surface area contributed by atoms with E-state index < -0.39 is 11.8 Å².